The molecule has 0 aromatic carbocycles. The number of ether oxygens (including phenoxy) is 2. The summed E-state index contributed by atoms with van der Waals surface area (Å²) in [6.45, 7) is 4.15. The summed E-state index contributed by atoms with van der Waals surface area (Å²) in [5, 5.41) is 0. The van der Waals surface area contributed by atoms with E-state index in [1.54, 1.807) is 18.1 Å². The topological polar surface area (TPSA) is 60.8 Å². The molecule has 0 radical (unpaired) electrons. The van der Waals surface area contributed by atoms with Gasteiger partial charge in [-0.05, 0) is 18.1 Å². The van der Waals surface area contributed by atoms with Gasteiger partial charge in [-0.2, -0.15) is 0 Å². The molecule has 1 aromatic rings. The van der Waals surface area contributed by atoms with Crippen molar-refractivity contribution in [1.82, 2.24) is 9.47 Å². The van der Waals surface area contributed by atoms with Crippen molar-refractivity contribution in [1.29, 1.82) is 0 Å². The number of hydrogen-bond acceptors (Lipinski definition) is 4. The van der Waals surface area contributed by atoms with Gasteiger partial charge in [0.1, 0.15) is 5.69 Å². The molecule has 0 N–H and O–H groups in total. The smallest absolute Gasteiger partial charge is 0.310 e. The summed E-state index contributed by atoms with van der Waals surface area (Å²) in [5.74, 6) is -0.410. The molecule has 2 atom stereocenters. The van der Waals surface area contributed by atoms with Crippen LogP contribution in [0.5, 0.6) is 0 Å². The van der Waals surface area contributed by atoms with Gasteiger partial charge in [-0.15, -0.1) is 0 Å². The predicted octanol–water partition coefficient (Wildman–Crippen LogP) is 1.02. The fourth-order valence-corrected chi connectivity index (χ4v) is 2.75. The molecular weight excluding hydrogens is 272 g/mol. The lowest BCUT2D eigenvalue weighted by molar-refractivity contribution is -0.146. The third-order valence-electron chi connectivity index (χ3n) is 3.99. The first-order valence-electron chi connectivity index (χ1n) is 7.09. The van der Waals surface area contributed by atoms with E-state index in [4.69, 9.17) is 9.47 Å². The molecular formula is C15H22N2O4. The third kappa shape index (κ3) is 3.26. The van der Waals surface area contributed by atoms with Crippen LogP contribution in [0.2, 0.25) is 0 Å². The SMILES string of the molecule is COCCn1cccc1C(=O)N1CC(C)C(C(=O)OC)C1. The number of esters is 1. The lowest BCUT2D eigenvalue weighted by Gasteiger charge is -2.17. The number of carbonyl (C=O) groups is 2. The van der Waals surface area contributed by atoms with Crippen molar-refractivity contribution in [2.24, 2.45) is 11.8 Å². The fraction of sp³-hybridized carbons (Fsp3) is 0.600. The van der Waals surface area contributed by atoms with Gasteiger partial charge in [0.25, 0.3) is 5.91 Å². The highest BCUT2D eigenvalue weighted by molar-refractivity contribution is 5.93. The zero-order chi connectivity index (χ0) is 15.4. The molecule has 0 aliphatic carbocycles. The molecule has 1 aliphatic heterocycles. The summed E-state index contributed by atoms with van der Waals surface area (Å²) in [7, 11) is 3.02. The number of hydrogen-bond donors (Lipinski definition) is 0. The molecule has 6 heteroatoms. The first-order valence-corrected chi connectivity index (χ1v) is 7.09. The Morgan fingerprint density at radius 2 is 2.10 bits per heavy atom. The molecule has 1 saturated heterocycles. The van der Waals surface area contributed by atoms with E-state index in [1.165, 1.54) is 7.11 Å². The maximum Gasteiger partial charge on any atom is 0.310 e. The Morgan fingerprint density at radius 3 is 2.76 bits per heavy atom. The van der Waals surface area contributed by atoms with Gasteiger partial charge in [0.05, 0.1) is 19.6 Å². The van der Waals surface area contributed by atoms with Crippen LogP contribution >= 0.6 is 0 Å². The minimum Gasteiger partial charge on any atom is -0.469 e. The Hall–Kier alpha value is -1.82. The first-order chi connectivity index (χ1) is 10.1. The molecule has 2 heterocycles. The summed E-state index contributed by atoms with van der Waals surface area (Å²) < 4.78 is 11.7. The van der Waals surface area contributed by atoms with Crippen LogP contribution in [0.15, 0.2) is 18.3 Å². The monoisotopic (exact) mass is 294 g/mol. The maximum atomic E-state index is 12.6. The number of nitrogens with zero attached hydrogens (tertiary/aromatic N) is 2. The molecule has 6 nitrogen and oxygen atoms in total. The Bertz CT molecular complexity index is 512. The fourth-order valence-electron chi connectivity index (χ4n) is 2.75. The summed E-state index contributed by atoms with van der Waals surface area (Å²) in [6, 6.07) is 3.65. The summed E-state index contributed by atoms with van der Waals surface area (Å²) in [6.07, 6.45) is 1.86. The van der Waals surface area contributed by atoms with Gasteiger partial charge >= 0.3 is 5.97 Å². The number of carbonyl (C=O) groups excluding carboxylic acids is 2. The second-order valence-electron chi connectivity index (χ2n) is 5.40. The lowest BCUT2D eigenvalue weighted by Crippen LogP contribution is -2.32. The summed E-state index contributed by atoms with van der Waals surface area (Å²) in [5.41, 5.74) is 0.629. The van der Waals surface area contributed by atoms with Gasteiger partial charge in [-0.25, -0.2) is 0 Å². The van der Waals surface area contributed by atoms with Crippen molar-refractivity contribution in [2.75, 3.05) is 33.9 Å². The van der Waals surface area contributed by atoms with Crippen LogP contribution in [-0.4, -0.2) is 55.3 Å². The van der Waals surface area contributed by atoms with Crippen LogP contribution < -0.4 is 0 Å². The summed E-state index contributed by atoms with van der Waals surface area (Å²) >= 11 is 0. The lowest BCUT2D eigenvalue weighted by atomic mass is 9.99. The van der Waals surface area contributed by atoms with Gasteiger partial charge in [0.15, 0.2) is 0 Å². The Kier molecular flexibility index (Phi) is 5.01. The minimum absolute atomic E-state index is 0.0469. The van der Waals surface area contributed by atoms with E-state index in [9.17, 15) is 9.59 Å². The van der Waals surface area contributed by atoms with Gasteiger partial charge in [-0.3, -0.25) is 9.59 Å². The van der Waals surface area contributed by atoms with Gasteiger partial charge in [-0.1, -0.05) is 6.92 Å². The van der Waals surface area contributed by atoms with Crippen LogP contribution in [0.4, 0.5) is 0 Å². The van der Waals surface area contributed by atoms with Gasteiger partial charge in [0.2, 0.25) is 0 Å². The highest BCUT2D eigenvalue weighted by Crippen LogP contribution is 2.25. The Balaban J connectivity index is 2.08. The molecule has 2 unspecified atom stereocenters. The molecule has 0 spiro atoms. The molecule has 1 aliphatic rings. The van der Waals surface area contributed by atoms with E-state index in [2.05, 4.69) is 0 Å². The number of methoxy groups -OCH3 is 2. The third-order valence-corrected chi connectivity index (χ3v) is 3.99. The van der Waals surface area contributed by atoms with Crippen molar-refractivity contribution in [3.8, 4) is 0 Å². The predicted molar refractivity (Wildman–Crippen MR) is 76.9 cm³/mol. The van der Waals surface area contributed by atoms with Crippen molar-refractivity contribution in [3.63, 3.8) is 0 Å². The molecule has 1 amide bonds. The summed E-state index contributed by atoms with van der Waals surface area (Å²) in [4.78, 5) is 26.0. The molecule has 0 bridgehead atoms. The zero-order valence-corrected chi connectivity index (χ0v) is 12.7. The van der Waals surface area contributed by atoms with E-state index < -0.39 is 0 Å². The van der Waals surface area contributed by atoms with Crippen molar-refractivity contribution >= 4 is 11.9 Å². The van der Waals surface area contributed by atoms with E-state index in [0.717, 1.165) is 0 Å². The molecule has 21 heavy (non-hydrogen) atoms. The van der Waals surface area contributed by atoms with Gasteiger partial charge < -0.3 is 18.9 Å². The number of aromatic nitrogens is 1. The zero-order valence-electron chi connectivity index (χ0n) is 12.7. The second kappa shape index (κ2) is 6.76. The Morgan fingerprint density at radius 1 is 1.33 bits per heavy atom. The van der Waals surface area contributed by atoms with Gasteiger partial charge in [0, 0.05) is 32.9 Å². The number of rotatable bonds is 5. The van der Waals surface area contributed by atoms with E-state index in [1.807, 2.05) is 23.8 Å². The number of amides is 1. The average molecular weight is 294 g/mol. The first kappa shape index (κ1) is 15.6. The highest BCUT2D eigenvalue weighted by atomic mass is 16.5. The molecule has 116 valence electrons. The molecule has 2 rings (SSSR count). The van der Waals surface area contributed by atoms with Crippen LogP contribution in [0.1, 0.15) is 17.4 Å². The standard InChI is InChI=1S/C15H22N2O4/c1-11-9-17(10-12(11)15(19)21-3)14(18)13-5-4-6-16(13)7-8-20-2/h4-6,11-12H,7-10H2,1-3H3. The average Bonchev–Trinajstić information content (AvgIpc) is 3.10. The number of likely N-dealkylation sites (tertiary alicyclic amines) is 1. The van der Waals surface area contributed by atoms with E-state index >= 15 is 0 Å². The quantitative estimate of drug-likeness (QED) is 0.761. The van der Waals surface area contributed by atoms with Crippen LogP contribution in [0, 0.1) is 11.8 Å². The maximum absolute atomic E-state index is 12.6. The normalized spacial score (nSPS) is 21.6. The molecule has 1 aromatic heterocycles. The second-order valence-corrected chi connectivity index (χ2v) is 5.40. The molecule has 1 fully saturated rings. The van der Waals surface area contributed by atoms with Crippen LogP contribution in [0.25, 0.3) is 0 Å². The van der Waals surface area contributed by atoms with Crippen LogP contribution in [-0.2, 0) is 20.8 Å². The molecule has 0 saturated carbocycles. The van der Waals surface area contributed by atoms with Crippen molar-refractivity contribution in [2.45, 2.75) is 13.5 Å². The largest absolute Gasteiger partial charge is 0.469 e. The van der Waals surface area contributed by atoms with E-state index in [-0.39, 0.29) is 23.7 Å². The minimum atomic E-state index is -0.243. The highest BCUT2D eigenvalue weighted by Gasteiger charge is 2.38. The Labute approximate surface area is 124 Å². The van der Waals surface area contributed by atoms with Crippen LogP contribution in [0.3, 0.4) is 0 Å². The van der Waals surface area contributed by atoms with E-state index in [0.29, 0.717) is 31.9 Å². The van der Waals surface area contributed by atoms with Crippen molar-refractivity contribution < 1.29 is 19.1 Å². The van der Waals surface area contributed by atoms with Crippen molar-refractivity contribution in [3.05, 3.63) is 24.0 Å².